The van der Waals surface area contributed by atoms with Gasteiger partial charge in [0.15, 0.2) is 11.8 Å². The van der Waals surface area contributed by atoms with Gasteiger partial charge < -0.3 is 15.2 Å². The molecule has 0 fully saturated rings. The molecule has 0 radical (unpaired) electrons. The van der Waals surface area contributed by atoms with Crippen molar-refractivity contribution >= 4 is 5.96 Å². The molecule has 0 spiro atoms. The Morgan fingerprint density at radius 3 is 2.76 bits per heavy atom. The van der Waals surface area contributed by atoms with Gasteiger partial charge in [-0.05, 0) is 31.2 Å². The third-order valence-corrected chi connectivity index (χ3v) is 4.80. The summed E-state index contributed by atoms with van der Waals surface area (Å²) < 4.78 is 2.23. The van der Waals surface area contributed by atoms with Crippen LogP contribution in [0.1, 0.15) is 48.5 Å². The molecule has 2 N–H and O–H groups in total. The Morgan fingerprint density at radius 1 is 1.20 bits per heavy atom. The van der Waals surface area contributed by atoms with Gasteiger partial charge in [0.05, 0.1) is 6.54 Å². The van der Waals surface area contributed by atoms with Crippen LogP contribution in [0.25, 0.3) is 0 Å². The summed E-state index contributed by atoms with van der Waals surface area (Å²) in [6, 6.07) is 8.71. The molecule has 0 bridgehead atoms. The number of fused-ring (bicyclic) bond motifs is 1. The second kappa shape index (κ2) is 8.14. The molecule has 1 atom stereocenters. The van der Waals surface area contributed by atoms with Crippen LogP contribution in [-0.2, 0) is 19.5 Å². The second-order valence-corrected chi connectivity index (χ2v) is 6.76. The summed E-state index contributed by atoms with van der Waals surface area (Å²) in [5.41, 5.74) is 2.62. The average molecular weight is 340 g/mol. The number of aromatic nitrogens is 3. The van der Waals surface area contributed by atoms with E-state index >= 15 is 0 Å². The predicted octanol–water partition coefficient (Wildman–Crippen LogP) is 2.39. The van der Waals surface area contributed by atoms with Crippen molar-refractivity contribution in [1.82, 2.24) is 25.4 Å². The van der Waals surface area contributed by atoms with Crippen LogP contribution in [0.3, 0.4) is 0 Å². The lowest BCUT2D eigenvalue weighted by Crippen LogP contribution is -2.39. The molecule has 2 heterocycles. The zero-order valence-corrected chi connectivity index (χ0v) is 15.4. The molecule has 1 aliphatic heterocycles. The Kier molecular flexibility index (Phi) is 5.68. The number of benzene rings is 1. The van der Waals surface area contributed by atoms with Gasteiger partial charge in [-0.2, -0.15) is 0 Å². The molecule has 3 rings (SSSR count). The van der Waals surface area contributed by atoms with Crippen LogP contribution in [-0.4, -0.2) is 34.3 Å². The molecule has 25 heavy (non-hydrogen) atoms. The smallest absolute Gasteiger partial charge is 0.191 e. The number of rotatable bonds is 5. The van der Waals surface area contributed by atoms with Gasteiger partial charge in [-0.25, -0.2) is 0 Å². The van der Waals surface area contributed by atoms with Crippen LogP contribution in [0.4, 0.5) is 0 Å². The van der Waals surface area contributed by atoms with Crippen LogP contribution in [0.5, 0.6) is 0 Å². The molecule has 6 nitrogen and oxygen atoms in total. The van der Waals surface area contributed by atoms with Crippen molar-refractivity contribution in [2.24, 2.45) is 4.99 Å². The maximum absolute atomic E-state index is 4.32. The number of aliphatic imine (C=N–C) groups is 1. The molecule has 0 amide bonds. The van der Waals surface area contributed by atoms with E-state index in [1.165, 1.54) is 24.0 Å². The first-order valence-corrected chi connectivity index (χ1v) is 9.09. The van der Waals surface area contributed by atoms with E-state index in [-0.39, 0.29) is 0 Å². The Bertz CT molecular complexity index is 716. The van der Waals surface area contributed by atoms with Crippen molar-refractivity contribution in [3.63, 3.8) is 0 Å². The number of hydrogen-bond acceptors (Lipinski definition) is 3. The molecule has 0 saturated carbocycles. The van der Waals surface area contributed by atoms with Crippen LogP contribution in [0, 0.1) is 6.92 Å². The van der Waals surface area contributed by atoms with Gasteiger partial charge in [0.25, 0.3) is 0 Å². The highest BCUT2D eigenvalue weighted by Gasteiger charge is 2.15. The summed E-state index contributed by atoms with van der Waals surface area (Å²) in [6.45, 7) is 6.84. The SMILES string of the molecule is CN=C(NCc1nnc2n1CCCC2)NCC(C)c1ccc(C)cc1. The van der Waals surface area contributed by atoms with Crippen LogP contribution in [0.15, 0.2) is 29.3 Å². The predicted molar refractivity (Wildman–Crippen MR) is 101 cm³/mol. The third kappa shape index (κ3) is 4.38. The molecule has 1 aliphatic rings. The van der Waals surface area contributed by atoms with E-state index in [0.29, 0.717) is 12.5 Å². The van der Waals surface area contributed by atoms with Crippen LogP contribution < -0.4 is 10.6 Å². The Morgan fingerprint density at radius 2 is 2.00 bits per heavy atom. The fraction of sp³-hybridized carbons (Fsp3) is 0.526. The van der Waals surface area contributed by atoms with E-state index in [2.05, 4.69) is 68.5 Å². The standard InChI is InChI=1S/C19H28N6/c1-14-7-9-16(10-8-14)15(2)12-21-19(20-3)22-13-18-24-23-17-6-4-5-11-25(17)18/h7-10,15H,4-6,11-13H2,1-3H3,(H2,20,21,22). The van der Waals surface area contributed by atoms with E-state index in [1.54, 1.807) is 7.05 Å². The van der Waals surface area contributed by atoms with Gasteiger partial charge in [0.1, 0.15) is 5.82 Å². The normalized spacial score (nSPS) is 15.6. The van der Waals surface area contributed by atoms with Gasteiger partial charge in [-0.1, -0.05) is 36.8 Å². The molecule has 1 unspecified atom stereocenters. The van der Waals surface area contributed by atoms with Gasteiger partial charge in [0.2, 0.25) is 0 Å². The van der Waals surface area contributed by atoms with Crippen LogP contribution >= 0.6 is 0 Å². The topological polar surface area (TPSA) is 67.1 Å². The Labute approximate surface area is 149 Å². The van der Waals surface area contributed by atoms with E-state index in [1.807, 2.05) is 0 Å². The monoisotopic (exact) mass is 340 g/mol. The molecule has 0 saturated heterocycles. The first-order chi connectivity index (χ1) is 12.2. The van der Waals surface area contributed by atoms with Gasteiger partial charge in [-0.15, -0.1) is 10.2 Å². The average Bonchev–Trinajstić information content (AvgIpc) is 3.05. The molecule has 6 heteroatoms. The highest BCUT2D eigenvalue weighted by atomic mass is 15.3. The lowest BCUT2D eigenvalue weighted by Gasteiger charge is -2.18. The maximum Gasteiger partial charge on any atom is 0.191 e. The van der Waals surface area contributed by atoms with E-state index in [9.17, 15) is 0 Å². The maximum atomic E-state index is 4.32. The highest BCUT2D eigenvalue weighted by Crippen LogP contribution is 2.15. The van der Waals surface area contributed by atoms with Crippen LogP contribution in [0.2, 0.25) is 0 Å². The fourth-order valence-corrected chi connectivity index (χ4v) is 3.15. The minimum atomic E-state index is 0.417. The van der Waals surface area contributed by atoms with Crippen molar-refractivity contribution < 1.29 is 0 Å². The Hall–Kier alpha value is -2.37. The minimum Gasteiger partial charge on any atom is -0.356 e. The lowest BCUT2D eigenvalue weighted by molar-refractivity contribution is 0.504. The summed E-state index contributed by atoms with van der Waals surface area (Å²) in [5.74, 6) is 3.32. The molecule has 1 aromatic carbocycles. The van der Waals surface area contributed by atoms with Crippen molar-refractivity contribution in [1.29, 1.82) is 0 Å². The van der Waals surface area contributed by atoms with Gasteiger partial charge >= 0.3 is 0 Å². The summed E-state index contributed by atoms with van der Waals surface area (Å²) in [5, 5.41) is 15.4. The van der Waals surface area contributed by atoms with Gasteiger partial charge in [-0.3, -0.25) is 4.99 Å². The lowest BCUT2D eigenvalue weighted by atomic mass is 10.0. The summed E-state index contributed by atoms with van der Waals surface area (Å²) in [7, 11) is 1.80. The third-order valence-electron chi connectivity index (χ3n) is 4.80. The van der Waals surface area contributed by atoms with Crippen molar-refractivity contribution in [3.05, 3.63) is 47.0 Å². The van der Waals surface area contributed by atoms with Crippen molar-refractivity contribution in [2.75, 3.05) is 13.6 Å². The molecule has 2 aromatic rings. The molecule has 0 aliphatic carbocycles. The first-order valence-electron chi connectivity index (χ1n) is 9.09. The van der Waals surface area contributed by atoms with Crippen molar-refractivity contribution in [3.8, 4) is 0 Å². The number of guanidine groups is 1. The molecule has 1 aromatic heterocycles. The summed E-state index contributed by atoms with van der Waals surface area (Å²) in [4.78, 5) is 4.32. The molecule has 134 valence electrons. The largest absolute Gasteiger partial charge is 0.356 e. The zero-order chi connectivity index (χ0) is 17.6. The zero-order valence-electron chi connectivity index (χ0n) is 15.4. The number of nitrogens with one attached hydrogen (secondary N) is 2. The molecular formula is C19H28N6. The van der Waals surface area contributed by atoms with E-state index < -0.39 is 0 Å². The highest BCUT2D eigenvalue weighted by molar-refractivity contribution is 5.79. The Balaban J connectivity index is 1.51. The number of hydrogen-bond donors (Lipinski definition) is 2. The molecular weight excluding hydrogens is 312 g/mol. The fourth-order valence-electron chi connectivity index (χ4n) is 3.15. The number of aryl methyl sites for hydroxylation is 2. The quantitative estimate of drug-likeness (QED) is 0.648. The summed E-state index contributed by atoms with van der Waals surface area (Å²) in [6.07, 6.45) is 3.46. The summed E-state index contributed by atoms with van der Waals surface area (Å²) >= 11 is 0. The number of nitrogens with zero attached hydrogens (tertiary/aromatic N) is 4. The second-order valence-electron chi connectivity index (χ2n) is 6.76. The minimum absolute atomic E-state index is 0.417. The first kappa shape index (κ1) is 17.5. The van der Waals surface area contributed by atoms with Crippen molar-refractivity contribution in [2.45, 2.75) is 52.1 Å². The van der Waals surface area contributed by atoms with E-state index in [0.717, 1.165) is 37.1 Å². The van der Waals surface area contributed by atoms with E-state index in [4.69, 9.17) is 0 Å². The van der Waals surface area contributed by atoms with Gasteiger partial charge in [0, 0.05) is 26.6 Å².